The number of aliphatic hydroxyl groups is 1. The summed E-state index contributed by atoms with van der Waals surface area (Å²) >= 11 is 0. The summed E-state index contributed by atoms with van der Waals surface area (Å²) in [7, 11) is 0. The number of nitrogens with zero attached hydrogens (tertiary/aromatic N) is 3. The molecular weight excluding hydrogens is 258 g/mol. The van der Waals surface area contributed by atoms with Crippen LogP contribution in [-0.4, -0.2) is 77.3 Å². The minimum atomic E-state index is -0.499. The molecule has 0 bridgehead atoms. The second-order valence-corrected chi connectivity index (χ2v) is 5.21. The lowest BCUT2D eigenvalue weighted by Gasteiger charge is -2.33. The van der Waals surface area contributed by atoms with Crippen molar-refractivity contribution in [2.45, 2.75) is 12.1 Å². The Morgan fingerprint density at radius 2 is 2.10 bits per heavy atom. The van der Waals surface area contributed by atoms with Gasteiger partial charge in [0, 0.05) is 32.4 Å². The van der Waals surface area contributed by atoms with Crippen LogP contribution in [0.5, 0.6) is 0 Å². The fourth-order valence-corrected chi connectivity index (χ4v) is 2.85. The second-order valence-electron chi connectivity index (χ2n) is 5.21. The number of amides is 1. The normalized spacial score (nSPS) is 27.8. The molecule has 0 aliphatic carbocycles. The van der Waals surface area contributed by atoms with Gasteiger partial charge < -0.3 is 14.7 Å². The number of ether oxygens (including phenoxy) is 1. The van der Waals surface area contributed by atoms with Crippen molar-refractivity contribution in [3.05, 3.63) is 30.1 Å². The highest BCUT2D eigenvalue weighted by Gasteiger charge is 2.38. The van der Waals surface area contributed by atoms with E-state index in [-0.39, 0.29) is 11.9 Å². The third-order valence-electron chi connectivity index (χ3n) is 3.94. The third kappa shape index (κ3) is 2.67. The van der Waals surface area contributed by atoms with Gasteiger partial charge in [0.25, 0.3) is 5.91 Å². The van der Waals surface area contributed by atoms with Crippen LogP contribution in [0, 0.1) is 0 Å². The molecule has 1 aromatic heterocycles. The lowest BCUT2D eigenvalue weighted by atomic mass is 10.1. The number of β-amino-alcohol motifs (C(OH)–C–C–N with tert-alkyl or cyclic N) is 1. The van der Waals surface area contributed by atoms with Gasteiger partial charge in [-0.2, -0.15) is 0 Å². The molecule has 1 N–H and O–H groups in total. The molecule has 6 heteroatoms. The zero-order chi connectivity index (χ0) is 13.9. The van der Waals surface area contributed by atoms with Gasteiger partial charge in [-0.1, -0.05) is 6.07 Å². The van der Waals surface area contributed by atoms with Crippen LogP contribution in [0.15, 0.2) is 24.4 Å². The van der Waals surface area contributed by atoms with Gasteiger partial charge in [0.15, 0.2) is 0 Å². The summed E-state index contributed by atoms with van der Waals surface area (Å²) in [5.74, 6) is -0.111. The van der Waals surface area contributed by atoms with Crippen molar-refractivity contribution in [1.29, 1.82) is 0 Å². The Labute approximate surface area is 118 Å². The summed E-state index contributed by atoms with van der Waals surface area (Å²) < 4.78 is 5.32. The molecule has 3 rings (SSSR count). The molecule has 0 saturated carbocycles. The van der Waals surface area contributed by atoms with Crippen LogP contribution in [0.4, 0.5) is 0 Å². The van der Waals surface area contributed by atoms with Crippen molar-refractivity contribution < 1.29 is 14.6 Å². The maximum absolute atomic E-state index is 12.3. The first-order valence-electron chi connectivity index (χ1n) is 6.96. The zero-order valence-electron chi connectivity index (χ0n) is 11.3. The summed E-state index contributed by atoms with van der Waals surface area (Å²) in [6, 6.07) is 5.29. The lowest BCUT2D eigenvalue weighted by Crippen LogP contribution is -2.49. The Bertz CT molecular complexity index is 462. The minimum absolute atomic E-state index is 0.00608. The number of aromatic nitrogens is 1. The van der Waals surface area contributed by atoms with Gasteiger partial charge in [-0.05, 0) is 12.1 Å². The van der Waals surface area contributed by atoms with Crippen LogP contribution < -0.4 is 0 Å². The largest absolute Gasteiger partial charge is 0.390 e. The molecule has 6 nitrogen and oxygen atoms in total. The molecule has 0 radical (unpaired) electrons. The molecule has 2 saturated heterocycles. The highest BCUT2D eigenvalue weighted by Crippen LogP contribution is 2.19. The molecule has 2 fully saturated rings. The van der Waals surface area contributed by atoms with E-state index in [4.69, 9.17) is 4.74 Å². The molecule has 3 heterocycles. The smallest absolute Gasteiger partial charge is 0.272 e. The van der Waals surface area contributed by atoms with Gasteiger partial charge in [-0.3, -0.25) is 14.7 Å². The molecule has 2 aliphatic heterocycles. The maximum Gasteiger partial charge on any atom is 0.272 e. The van der Waals surface area contributed by atoms with E-state index in [1.807, 2.05) is 0 Å². The summed E-state index contributed by atoms with van der Waals surface area (Å²) in [4.78, 5) is 20.3. The Kier molecular flexibility index (Phi) is 3.95. The van der Waals surface area contributed by atoms with Crippen LogP contribution in [0.25, 0.3) is 0 Å². The molecule has 0 unspecified atom stereocenters. The van der Waals surface area contributed by atoms with Gasteiger partial charge >= 0.3 is 0 Å². The zero-order valence-corrected chi connectivity index (χ0v) is 11.3. The van der Waals surface area contributed by atoms with Crippen LogP contribution in [0.3, 0.4) is 0 Å². The number of aliphatic hydroxyl groups excluding tert-OH is 1. The van der Waals surface area contributed by atoms with Crippen molar-refractivity contribution in [3.63, 3.8) is 0 Å². The minimum Gasteiger partial charge on any atom is -0.390 e. The standard InChI is InChI=1S/C14H19N3O3/c18-13-10-17(14(19)11-3-1-2-4-15-11)9-12(13)16-5-7-20-8-6-16/h1-4,12-13,18H,5-10H2/t12-,13-/m1/s1. The quantitative estimate of drug-likeness (QED) is 0.797. The van der Waals surface area contributed by atoms with Crippen molar-refractivity contribution >= 4 is 5.91 Å². The van der Waals surface area contributed by atoms with Gasteiger partial charge in [-0.15, -0.1) is 0 Å². The summed E-state index contributed by atoms with van der Waals surface area (Å²) in [6.07, 6.45) is 1.11. The van der Waals surface area contributed by atoms with Crippen molar-refractivity contribution in [2.24, 2.45) is 0 Å². The molecule has 1 amide bonds. The monoisotopic (exact) mass is 277 g/mol. The first kappa shape index (κ1) is 13.5. The number of hydrogen-bond donors (Lipinski definition) is 1. The van der Waals surface area contributed by atoms with E-state index in [9.17, 15) is 9.90 Å². The highest BCUT2D eigenvalue weighted by atomic mass is 16.5. The number of pyridine rings is 1. The fraction of sp³-hybridized carbons (Fsp3) is 0.571. The number of hydrogen-bond acceptors (Lipinski definition) is 5. The van der Waals surface area contributed by atoms with E-state index in [0.717, 1.165) is 13.1 Å². The van der Waals surface area contributed by atoms with Gasteiger partial charge in [-0.25, -0.2) is 0 Å². The van der Waals surface area contributed by atoms with Crippen molar-refractivity contribution in [2.75, 3.05) is 39.4 Å². The van der Waals surface area contributed by atoms with Crippen molar-refractivity contribution in [3.8, 4) is 0 Å². The maximum atomic E-state index is 12.3. The third-order valence-corrected chi connectivity index (χ3v) is 3.94. The van der Waals surface area contributed by atoms with E-state index >= 15 is 0 Å². The Morgan fingerprint density at radius 1 is 1.30 bits per heavy atom. The summed E-state index contributed by atoms with van der Waals surface area (Å²) in [5.41, 5.74) is 0.433. The summed E-state index contributed by atoms with van der Waals surface area (Å²) in [6.45, 7) is 3.93. The summed E-state index contributed by atoms with van der Waals surface area (Å²) in [5, 5.41) is 10.2. The van der Waals surface area contributed by atoms with Crippen LogP contribution in [0.2, 0.25) is 0 Å². The molecule has 20 heavy (non-hydrogen) atoms. The Morgan fingerprint density at radius 3 is 2.80 bits per heavy atom. The highest BCUT2D eigenvalue weighted by molar-refractivity contribution is 5.92. The van der Waals surface area contributed by atoms with Crippen molar-refractivity contribution in [1.82, 2.24) is 14.8 Å². The molecular formula is C14H19N3O3. The molecule has 2 atom stereocenters. The molecule has 2 aliphatic rings. The predicted molar refractivity (Wildman–Crippen MR) is 72.3 cm³/mol. The number of carbonyl (C=O) groups excluding carboxylic acids is 1. The number of likely N-dealkylation sites (tertiary alicyclic amines) is 1. The van der Waals surface area contributed by atoms with E-state index < -0.39 is 6.10 Å². The van der Waals surface area contributed by atoms with Crippen LogP contribution in [-0.2, 0) is 4.74 Å². The number of morpholine rings is 1. The van der Waals surface area contributed by atoms with E-state index in [0.29, 0.717) is 32.0 Å². The molecule has 0 aromatic carbocycles. The second kappa shape index (κ2) is 5.87. The van der Waals surface area contributed by atoms with Gasteiger partial charge in [0.2, 0.25) is 0 Å². The average Bonchev–Trinajstić information content (AvgIpc) is 2.90. The lowest BCUT2D eigenvalue weighted by molar-refractivity contribution is -0.00611. The first-order valence-corrected chi connectivity index (χ1v) is 6.96. The van der Waals surface area contributed by atoms with Gasteiger partial charge in [0.1, 0.15) is 5.69 Å². The topological polar surface area (TPSA) is 65.9 Å². The SMILES string of the molecule is O=C(c1ccccn1)N1C[C@@H](O)[C@H](N2CCOCC2)C1. The van der Waals surface area contributed by atoms with Gasteiger partial charge in [0.05, 0.1) is 25.4 Å². The number of carbonyl (C=O) groups is 1. The fourth-order valence-electron chi connectivity index (χ4n) is 2.85. The van der Waals surface area contributed by atoms with Crippen LogP contribution >= 0.6 is 0 Å². The Hall–Kier alpha value is -1.50. The van der Waals surface area contributed by atoms with E-state index in [1.54, 1.807) is 29.3 Å². The molecule has 0 spiro atoms. The molecule has 1 aromatic rings. The van der Waals surface area contributed by atoms with E-state index in [2.05, 4.69) is 9.88 Å². The number of rotatable bonds is 2. The van der Waals surface area contributed by atoms with Crippen LogP contribution in [0.1, 0.15) is 10.5 Å². The Balaban J connectivity index is 1.67. The first-order chi connectivity index (χ1) is 9.75. The molecule has 108 valence electrons. The average molecular weight is 277 g/mol. The predicted octanol–water partition coefficient (Wildman–Crippen LogP) is -0.401. The van der Waals surface area contributed by atoms with E-state index in [1.165, 1.54) is 0 Å².